The number of carbonyl (C=O) groups is 2. The fourth-order valence-electron chi connectivity index (χ4n) is 0.637. The van der Waals surface area contributed by atoms with Crippen molar-refractivity contribution >= 4 is 11.9 Å². The molecule has 0 aromatic heterocycles. The average Bonchev–Trinajstić information content (AvgIpc) is 2.35. The van der Waals surface area contributed by atoms with Gasteiger partial charge >= 0.3 is 11.9 Å². The Labute approximate surface area is 108 Å². The number of methoxy groups -OCH3 is 1. The summed E-state index contributed by atoms with van der Waals surface area (Å²) in [7, 11) is 1.34. The Morgan fingerprint density at radius 2 is 1.50 bits per heavy atom. The van der Waals surface area contributed by atoms with Crippen LogP contribution in [-0.4, -0.2) is 31.9 Å². The summed E-state index contributed by atoms with van der Waals surface area (Å²) < 4.78 is 14.4. The molecule has 0 aromatic rings. The van der Waals surface area contributed by atoms with E-state index in [1.165, 1.54) is 21.0 Å². The summed E-state index contributed by atoms with van der Waals surface area (Å²) in [4.78, 5) is 22.2. The minimum atomic E-state index is -0.938. The summed E-state index contributed by atoms with van der Waals surface area (Å²) in [5.74, 6) is -1.16. The van der Waals surface area contributed by atoms with Crippen LogP contribution in [0, 0.1) is 0 Å². The topological polar surface area (TPSA) is 61.8 Å². The van der Waals surface area contributed by atoms with Gasteiger partial charge in [0.1, 0.15) is 0 Å². The fourth-order valence-corrected chi connectivity index (χ4v) is 0.637. The second kappa shape index (κ2) is 10.3. The maximum absolute atomic E-state index is 11.1. The first-order valence-electron chi connectivity index (χ1n) is 5.10. The first kappa shape index (κ1) is 18.5. The van der Waals surface area contributed by atoms with Gasteiger partial charge in [-0.25, -0.2) is 9.59 Å². The molecule has 0 saturated carbocycles. The molecular formula is C13H20O5. The molecular weight excluding hydrogens is 236 g/mol. The molecule has 0 saturated heterocycles. The van der Waals surface area contributed by atoms with Gasteiger partial charge in [0.25, 0.3) is 0 Å². The molecule has 1 atom stereocenters. The van der Waals surface area contributed by atoms with Crippen molar-refractivity contribution in [1.82, 2.24) is 0 Å². The van der Waals surface area contributed by atoms with Gasteiger partial charge in [0.15, 0.2) is 6.61 Å². The standard InChI is InChI=1S/C11H16O5.C2H4/c1-7(2)10(12)15-6-9(14-5)16-11(13)8(3)4;1-2/h9H,1,3,6H2,2,4-5H3;1-2H2. The van der Waals surface area contributed by atoms with Gasteiger partial charge in [-0.05, 0) is 13.8 Å². The van der Waals surface area contributed by atoms with Crippen LogP contribution in [0.3, 0.4) is 0 Å². The molecule has 0 aromatic carbocycles. The quantitative estimate of drug-likeness (QED) is 0.315. The molecule has 5 nitrogen and oxygen atoms in total. The molecule has 5 heteroatoms. The van der Waals surface area contributed by atoms with E-state index < -0.39 is 18.2 Å². The molecule has 0 heterocycles. The van der Waals surface area contributed by atoms with Gasteiger partial charge in [-0.3, -0.25) is 0 Å². The molecule has 0 aliphatic rings. The largest absolute Gasteiger partial charge is 0.456 e. The molecule has 102 valence electrons. The fraction of sp³-hybridized carbons (Fsp3) is 0.385. The minimum Gasteiger partial charge on any atom is -0.456 e. The van der Waals surface area contributed by atoms with E-state index in [0.717, 1.165) is 0 Å². The predicted molar refractivity (Wildman–Crippen MR) is 68.7 cm³/mol. The average molecular weight is 256 g/mol. The van der Waals surface area contributed by atoms with Gasteiger partial charge in [-0.2, -0.15) is 0 Å². The molecule has 0 rings (SSSR count). The molecule has 1 unspecified atom stereocenters. The van der Waals surface area contributed by atoms with E-state index in [-0.39, 0.29) is 17.8 Å². The number of rotatable bonds is 6. The molecule has 0 aliphatic carbocycles. The molecule has 0 aliphatic heterocycles. The molecule has 0 radical (unpaired) electrons. The lowest BCUT2D eigenvalue weighted by Gasteiger charge is -2.16. The zero-order valence-electron chi connectivity index (χ0n) is 11.2. The number of ether oxygens (including phenoxy) is 3. The Balaban J connectivity index is 0. The summed E-state index contributed by atoms with van der Waals surface area (Å²) >= 11 is 0. The second-order valence-electron chi connectivity index (χ2n) is 3.23. The number of hydrogen-bond acceptors (Lipinski definition) is 5. The first-order valence-corrected chi connectivity index (χ1v) is 5.10. The van der Waals surface area contributed by atoms with E-state index >= 15 is 0 Å². The van der Waals surface area contributed by atoms with E-state index in [1.54, 1.807) is 0 Å². The summed E-state index contributed by atoms with van der Waals surface area (Å²) in [5.41, 5.74) is 0.509. The van der Waals surface area contributed by atoms with Gasteiger partial charge < -0.3 is 14.2 Å². The molecule has 0 amide bonds. The van der Waals surface area contributed by atoms with E-state index in [4.69, 9.17) is 14.2 Å². The number of hydrogen-bond donors (Lipinski definition) is 0. The molecule has 0 fully saturated rings. The monoisotopic (exact) mass is 256 g/mol. The van der Waals surface area contributed by atoms with Crippen molar-refractivity contribution in [3.05, 3.63) is 37.5 Å². The van der Waals surface area contributed by atoms with Crippen LogP contribution in [0.5, 0.6) is 0 Å². The van der Waals surface area contributed by atoms with Gasteiger partial charge in [-0.15, -0.1) is 13.2 Å². The van der Waals surface area contributed by atoms with Crippen LogP contribution in [0.2, 0.25) is 0 Å². The van der Waals surface area contributed by atoms with E-state index in [9.17, 15) is 9.59 Å². The third kappa shape index (κ3) is 8.29. The lowest BCUT2D eigenvalue weighted by molar-refractivity contribution is -0.183. The Kier molecular flexibility index (Phi) is 10.6. The van der Waals surface area contributed by atoms with Crippen LogP contribution in [0.15, 0.2) is 37.5 Å². The number of esters is 2. The van der Waals surface area contributed by atoms with Gasteiger partial charge in [0, 0.05) is 18.3 Å². The lowest BCUT2D eigenvalue weighted by Crippen LogP contribution is -2.27. The highest BCUT2D eigenvalue weighted by molar-refractivity contribution is 5.87. The number of carbonyl (C=O) groups excluding carboxylic acids is 2. The zero-order valence-corrected chi connectivity index (χ0v) is 11.2. The lowest BCUT2D eigenvalue weighted by atomic mass is 10.3. The SMILES string of the molecule is C=C.C=C(C)C(=O)OCC(OC)OC(=O)C(=C)C. The highest BCUT2D eigenvalue weighted by Crippen LogP contribution is 2.02. The summed E-state index contributed by atoms with van der Waals surface area (Å²) in [5, 5.41) is 0. The Bertz CT molecular complexity index is 319. The smallest absolute Gasteiger partial charge is 0.335 e. The Morgan fingerprint density at radius 3 is 1.83 bits per heavy atom. The van der Waals surface area contributed by atoms with Crippen LogP contribution in [0.25, 0.3) is 0 Å². The van der Waals surface area contributed by atoms with Crippen molar-refractivity contribution in [2.45, 2.75) is 20.1 Å². The highest BCUT2D eigenvalue weighted by Gasteiger charge is 2.16. The van der Waals surface area contributed by atoms with Crippen LogP contribution in [-0.2, 0) is 23.8 Å². The Hall–Kier alpha value is -1.88. The summed E-state index contributed by atoms with van der Waals surface area (Å²) in [6.45, 7) is 15.7. The van der Waals surface area contributed by atoms with E-state index in [2.05, 4.69) is 26.3 Å². The van der Waals surface area contributed by atoms with Crippen molar-refractivity contribution in [3.63, 3.8) is 0 Å². The molecule has 18 heavy (non-hydrogen) atoms. The highest BCUT2D eigenvalue weighted by atomic mass is 16.7. The van der Waals surface area contributed by atoms with Crippen molar-refractivity contribution < 1.29 is 23.8 Å². The predicted octanol–water partition coefficient (Wildman–Crippen LogP) is 2.00. The van der Waals surface area contributed by atoms with Crippen molar-refractivity contribution in [3.8, 4) is 0 Å². The van der Waals surface area contributed by atoms with Crippen LogP contribution < -0.4 is 0 Å². The van der Waals surface area contributed by atoms with Crippen LogP contribution >= 0.6 is 0 Å². The molecule has 0 spiro atoms. The maximum atomic E-state index is 11.1. The van der Waals surface area contributed by atoms with Crippen LogP contribution in [0.4, 0.5) is 0 Å². The minimum absolute atomic E-state index is 0.179. The van der Waals surface area contributed by atoms with Crippen molar-refractivity contribution in [1.29, 1.82) is 0 Å². The third-order valence-corrected chi connectivity index (χ3v) is 1.55. The molecule has 0 bridgehead atoms. The zero-order chi connectivity index (χ0) is 14.7. The molecule has 0 N–H and O–H groups in total. The van der Waals surface area contributed by atoms with Crippen LogP contribution in [0.1, 0.15) is 13.8 Å². The van der Waals surface area contributed by atoms with Gasteiger partial charge in [0.2, 0.25) is 6.29 Å². The maximum Gasteiger partial charge on any atom is 0.335 e. The van der Waals surface area contributed by atoms with E-state index in [1.807, 2.05) is 0 Å². The van der Waals surface area contributed by atoms with Gasteiger partial charge in [-0.1, -0.05) is 13.2 Å². The second-order valence-corrected chi connectivity index (χ2v) is 3.23. The summed E-state index contributed by atoms with van der Waals surface area (Å²) in [6, 6.07) is 0. The van der Waals surface area contributed by atoms with Crippen molar-refractivity contribution in [2.75, 3.05) is 13.7 Å². The van der Waals surface area contributed by atoms with Crippen molar-refractivity contribution in [2.24, 2.45) is 0 Å². The third-order valence-electron chi connectivity index (χ3n) is 1.55. The Morgan fingerprint density at radius 1 is 1.06 bits per heavy atom. The summed E-state index contributed by atoms with van der Waals surface area (Å²) in [6.07, 6.45) is -0.938. The van der Waals surface area contributed by atoms with Gasteiger partial charge in [0.05, 0.1) is 0 Å². The van der Waals surface area contributed by atoms with E-state index in [0.29, 0.717) is 0 Å². The normalized spacial score (nSPS) is 10.4. The first-order chi connectivity index (χ1) is 8.38.